The first-order valence-electron chi connectivity index (χ1n) is 5.92. The molecule has 1 saturated carbocycles. The van der Waals surface area contributed by atoms with Crippen LogP contribution in [0, 0.1) is 5.92 Å². The number of hydrogen-bond donors (Lipinski definition) is 1. The van der Waals surface area contributed by atoms with E-state index in [4.69, 9.17) is 4.74 Å². The molecule has 16 heavy (non-hydrogen) atoms. The van der Waals surface area contributed by atoms with Crippen LogP contribution < -0.4 is 0 Å². The average molecular weight is 227 g/mol. The molecule has 4 heteroatoms. The van der Waals surface area contributed by atoms with Crippen LogP contribution in [0.5, 0.6) is 0 Å². The summed E-state index contributed by atoms with van der Waals surface area (Å²) < 4.78 is 5.39. The summed E-state index contributed by atoms with van der Waals surface area (Å²) in [7, 11) is 0. The number of fused-ring (bicyclic) bond motifs is 1. The zero-order valence-electron chi connectivity index (χ0n) is 10.5. The fourth-order valence-electron chi connectivity index (χ4n) is 2.97. The molecule has 0 aromatic carbocycles. The van der Waals surface area contributed by atoms with E-state index in [0.29, 0.717) is 5.92 Å². The molecule has 0 radical (unpaired) electrons. The molecule has 1 amide bonds. The van der Waals surface area contributed by atoms with Gasteiger partial charge in [-0.1, -0.05) is 0 Å². The molecule has 1 N–H and O–H groups in total. The Morgan fingerprint density at radius 2 is 2.06 bits per heavy atom. The zero-order chi connectivity index (χ0) is 12.1. The van der Waals surface area contributed by atoms with Crippen LogP contribution in [-0.2, 0) is 4.74 Å². The van der Waals surface area contributed by atoms with E-state index in [1.807, 2.05) is 27.7 Å². The molecule has 0 spiro atoms. The summed E-state index contributed by atoms with van der Waals surface area (Å²) in [5.74, 6) is 0.541. The van der Waals surface area contributed by atoms with Crippen molar-refractivity contribution in [1.82, 2.24) is 4.90 Å². The van der Waals surface area contributed by atoms with Crippen LogP contribution in [0.15, 0.2) is 0 Å². The lowest BCUT2D eigenvalue weighted by atomic mass is 9.72. The minimum absolute atomic E-state index is 0.0487. The summed E-state index contributed by atoms with van der Waals surface area (Å²) in [5, 5.41) is 9.45. The Balaban J connectivity index is 2.12. The van der Waals surface area contributed by atoms with Crippen LogP contribution in [0.1, 0.15) is 40.5 Å². The van der Waals surface area contributed by atoms with Gasteiger partial charge in [-0.05, 0) is 46.5 Å². The standard InChI is InChI=1S/C12H21NO3/c1-8-9-5-12(6-9,7-14)13(8)10(15)16-11(2,3)4/h8-9,14H,5-7H2,1-4H3. The maximum Gasteiger partial charge on any atom is 0.411 e. The van der Waals surface area contributed by atoms with Gasteiger partial charge in [0.25, 0.3) is 0 Å². The number of carbonyl (C=O) groups excluding carboxylic acids is 1. The van der Waals surface area contributed by atoms with Crippen LogP contribution in [0.4, 0.5) is 4.79 Å². The van der Waals surface area contributed by atoms with E-state index in [0.717, 1.165) is 12.8 Å². The second-order valence-electron chi connectivity index (χ2n) is 6.14. The highest BCUT2D eigenvalue weighted by molar-refractivity contribution is 5.71. The van der Waals surface area contributed by atoms with Crippen molar-refractivity contribution in [3.63, 3.8) is 0 Å². The third-order valence-corrected chi connectivity index (χ3v) is 3.77. The molecule has 2 bridgehead atoms. The Labute approximate surface area is 96.6 Å². The summed E-state index contributed by atoms with van der Waals surface area (Å²) >= 11 is 0. The van der Waals surface area contributed by atoms with Gasteiger partial charge in [0.1, 0.15) is 5.60 Å². The van der Waals surface area contributed by atoms with Crippen molar-refractivity contribution in [2.75, 3.05) is 6.61 Å². The molecular weight excluding hydrogens is 206 g/mol. The number of rotatable bonds is 1. The summed E-state index contributed by atoms with van der Waals surface area (Å²) in [6, 6.07) is 0.196. The van der Waals surface area contributed by atoms with E-state index < -0.39 is 5.60 Å². The zero-order valence-corrected chi connectivity index (χ0v) is 10.5. The average Bonchev–Trinajstić information content (AvgIpc) is 2.47. The van der Waals surface area contributed by atoms with E-state index >= 15 is 0 Å². The molecular formula is C12H21NO3. The van der Waals surface area contributed by atoms with Gasteiger partial charge in [-0.2, -0.15) is 0 Å². The summed E-state index contributed by atoms with van der Waals surface area (Å²) in [6.07, 6.45) is 1.56. The fourth-order valence-corrected chi connectivity index (χ4v) is 2.97. The third kappa shape index (κ3) is 1.59. The minimum atomic E-state index is -0.472. The van der Waals surface area contributed by atoms with Crippen molar-refractivity contribution in [3.8, 4) is 0 Å². The first-order chi connectivity index (χ1) is 7.29. The molecule has 1 unspecified atom stereocenters. The summed E-state index contributed by atoms with van der Waals surface area (Å²) in [6.45, 7) is 7.68. The van der Waals surface area contributed by atoms with Crippen LogP contribution >= 0.6 is 0 Å². The largest absolute Gasteiger partial charge is 0.444 e. The van der Waals surface area contributed by atoms with Crippen molar-refractivity contribution in [2.24, 2.45) is 5.92 Å². The van der Waals surface area contributed by atoms with Crippen LogP contribution in [0.25, 0.3) is 0 Å². The Bertz CT molecular complexity index is 302. The third-order valence-electron chi connectivity index (χ3n) is 3.77. The molecule has 2 heterocycles. The fraction of sp³-hybridized carbons (Fsp3) is 0.917. The molecule has 2 aliphatic heterocycles. The van der Waals surface area contributed by atoms with Crippen LogP contribution in [0.2, 0.25) is 0 Å². The normalized spacial score (nSPS) is 37.2. The SMILES string of the molecule is CC1C2CC(CO)(C2)N1C(=O)OC(C)(C)C. The monoisotopic (exact) mass is 227 g/mol. The van der Waals surface area contributed by atoms with E-state index in [1.165, 1.54) is 0 Å². The Hall–Kier alpha value is -0.770. The minimum Gasteiger partial charge on any atom is -0.444 e. The molecule has 3 fully saturated rings. The maximum atomic E-state index is 12.1. The van der Waals surface area contributed by atoms with E-state index in [1.54, 1.807) is 4.90 Å². The number of aliphatic hydroxyl groups excluding tert-OH is 1. The Morgan fingerprint density at radius 3 is 2.50 bits per heavy atom. The van der Waals surface area contributed by atoms with Gasteiger partial charge in [0.05, 0.1) is 12.1 Å². The topological polar surface area (TPSA) is 49.8 Å². The van der Waals surface area contributed by atoms with Gasteiger partial charge in [0, 0.05) is 6.04 Å². The summed E-state index contributed by atoms with van der Waals surface area (Å²) in [4.78, 5) is 13.8. The Morgan fingerprint density at radius 1 is 1.50 bits per heavy atom. The smallest absolute Gasteiger partial charge is 0.411 e. The van der Waals surface area contributed by atoms with Gasteiger partial charge in [0.15, 0.2) is 0 Å². The molecule has 0 aromatic heterocycles. The van der Waals surface area contributed by atoms with Crippen molar-refractivity contribution >= 4 is 6.09 Å². The van der Waals surface area contributed by atoms with Crippen molar-refractivity contribution in [1.29, 1.82) is 0 Å². The van der Waals surface area contributed by atoms with Gasteiger partial charge in [0.2, 0.25) is 0 Å². The van der Waals surface area contributed by atoms with Crippen LogP contribution in [0.3, 0.4) is 0 Å². The van der Waals surface area contributed by atoms with E-state index in [-0.39, 0.29) is 24.3 Å². The lowest BCUT2D eigenvalue weighted by molar-refractivity contribution is -0.0133. The van der Waals surface area contributed by atoms with Crippen molar-refractivity contribution < 1.29 is 14.6 Å². The molecule has 4 nitrogen and oxygen atoms in total. The van der Waals surface area contributed by atoms with E-state index in [2.05, 4.69) is 0 Å². The molecule has 1 atom stereocenters. The molecule has 1 aliphatic carbocycles. The molecule has 0 aromatic rings. The number of ether oxygens (including phenoxy) is 1. The second-order valence-corrected chi connectivity index (χ2v) is 6.14. The molecule has 3 rings (SSSR count). The highest BCUT2D eigenvalue weighted by Gasteiger charge is 2.62. The predicted octanol–water partition coefficient (Wildman–Crippen LogP) is 1.77. The lowest BCUT2D eigenvalue weighted by Crippen LogP contribution is -2.53. The molecule has 2 saturated heterocycles. The maximum absolute atomic E-state index is 12.1. The lowest BCUT2D eigenvalue weighted by Gasteiger charge is -2.40. The van der Waals surface area contributed by atoms with Crippen molar-refractivity contribution in [3.05, 3.63) is 0 Å². The van der Waals surface area contributed by atoms with Gasteiger partial charge in [-0.3, -0.25) is 4.90 Å². The first kappa shape index (κ1) is 11.7. The van der Waals surface area contributed by atoms with Gasteiger partial charge in [-0.15, -0.1) is 0 Å². The molecule has 92 valence electrons. The first-order valence-corrected chi connectivity index (χ1v) is 5.92. The van der Waals surface area contributed by atoms with Crippen molar-refractivity contribution in [2.45, 2.75) is 57.7 Å². The van der Waals surface area contributed by atoms with Crippen LogP contribution in [-0.4, -0.2) is 39.9 Å². The number of nitrogens with zero attached hydrogens (tertiary/aromatic N) is 1. The quantitative estimate of drug-likeness (QED) is 0.742. The highest BCUT2D eigenvalue weighted by atomic mass is 16.6. The Kier molecular flexibility index (Phi) is 2.46. The second kappa shape index (κ2) is 3.36. The number of carbonyl (C=O) groups is 1. The number of amides is 1. The van der Waals surface area contributed by atoms with Gasteiger partial charge in [-0.25, -0.2) is 4.79 Å². The van der Waals surface area contributed by atoms with Gasteiger partial charge < -0.3 is 9.84 Å². The predicted molar refractivity (Wildman–Crippen MR) is 60.1 cm³/mol. The summed E-state index contributed by atoms with van der Waals surface area (Å²) in [5.41, 5.74) is -0.799. The number of hydrogen-bond acceptors (Lipinski definition) is 3. The van der Waals surface area contributed by atoms with E-state index in [9.17, 15) is 9.90 Å². The number of aliphatic hydroxyl groups is 1. The highest BCUT2D eigenvalue weighted by Crippen LogP contribution is 2.54. The van der Waals surface area contributed by atoms with Gasteiger partial charge >= 0.3 is 6.09 Å². The molecule has 3 aliphatic rings.